The number of nitrogens with two attached hydrogens (primary N) is 1. The van der Waals surface area contributed by atoms with Gasteiger partial charge in [-0.25, -0.2) is 14.2 Å². The summed E-state index contributed by atoms with van der Waals surface area (Å²) >= 11 is 0. The number of rotatable bonds is 4. The van der Waals surface area contributed by atoms with E-state index in [0.717, 1.165) is 12.8 Å². The van der Waals surface area contributed by atoms with Crippen LogP contribution in [0.15, 0.2) is 30.3 Å². The first-order valence-electron chi connectivity index (χ1n) is 9.40. The van der Waals surface area contributed by atoms with Gasteiger partial charge in [-0.3, -0.25) is 0 Å². The van der Waals surface area contributed by atoms with Crippen LogP contribution in [-0.2, 0) is 4.79 Å². The van der Waals surface area contributed by atoms with Crippen LogP contribution in [0.5, 0.6) is 0 Å². The molecule has 9 heteroatoms. The highest BCUT2D eigenvalue weighted by atomic mass is 19.1. The molecular formula is C20H21FN6O2. The zero-order valence-electron chi connectivity index (χ0n) is 15.9. The van der Waals surface area contributed by atoms with Crippen molar-refractivity contribution in [3.05, 3.63) is 36.1 Å². The Bertz CT molecular complexity index is 1090. The molecule has 1 aliphatic rings. The molecule has 0 aliphatic carbocycles. The minimum absolute atomic E-state index is 0.0576. The fraction of sp³-hybridized carbons (Fsp3) is 0.300. The summed E-state index contributed by atoms with van der Waals surface area (Å²) in [6.07, 6.45) is 2.20. The quantitative estimate of drug-likeness (QED) is 0.616. The number of nitrogens with zero attached hydrogens (tertiary/aromatic N) is 4. The Balaban J connectivity index is 1.88. The fourth-order valence-electron chi connectivity index (χ4n) is 3.84. The average molecular weight is 396 g/mol. The minimum Gasteiger partial charge on any atom is -0.480 e. The lowest BCUT2D eigenvalue weighted by atomic mass is 9.98. The van der Waals surface area contributed by atoms with Crippen molar-refractivity contribution in [2.24, 2.45) is 0 Å². The van der Waals surface area contributed by atoms with E-state index >= 15 is 0 Å². The van der Waals surface area contributed by atoms with Gasteiger partial charge < -0.3 is 21.1 Å². The van der Waals surface area contributed by atoms with Gasteiger partial charge in [-0.1, -0.05) is 6.07 Å². The van der Waals surface area contributed by atoms with Gasteiger partial charge in [0.25, 0.3) is 0 Å². The van der Waals surface area contributed by atoms with Crippen LogP contribution >= 0.6 is 0 Å². The number of carboxylic acids is 1. The first-order valence-corrected chi connectivity index (χ1v) is 9.40. The first kappa shape index (κ1) is 18.9. The van der Waals surface area contributed by atoms with Crippen LogP contribution in [0.4, 0.5) is 21.8 Å². The van der Waals surface area contributed by atoms with Gasteiger partial charge in [0.1, 0.15) is 17.7 Å². The second-order valence-corrected chi connectivity index (χ2v) is 6.93. The Morgan fingerprint density at radius 2 is 2.07 bits per heavy atom. The molecule has 4 rings (SSSR count). The van der Waals surface area contributed by atoms with Gasteiger partial charge in [-0.05, 0) is 43.5 Å². The van der Waals surface area contributed by atoms with Crippen LogP contribution in [0.3, 0.4) is 0 Å². The third-order valence-corrected chi connectivity index (χ3v) is 5.16. The lowest BCUT2D eigenvalue weighted by molar-refractivity contribution is -0.139. The lowest BCUT2D eigenvalue weighted by Crippen LogP contribution is -2.45. The van der Waals surface area contributed by atoms with Crippen molar-refractivity contribution in [1.29, 1.82) is 0 Å². The Hall–Kier alpha value is -3.49. The van der Waals surface area contributed by atoms with Gasteiger partial charge in [0.15, 0.2) is 5.65 Å². The van der Waals surface area contributed by atoms with Gasteiger partial charge in [0, 0.05) is 19.3 Å². The molecule has 4 N–H and O–H groups in total. The highest BCUT2D eigenvalue weighted by Gasteiger charge is 2.31. The van der Waals surface area contributed by atoms with Crippen LogP contribution in [0.1, 0.15) is 19.3 Å². The third-order valence-electron chi connectivity index (χ3n) is 5.16. The molecule has 1 atom stereocenters. The van der Waals surface area contributed by atoms with Crippen LogP contribution in [0.25, 0.3) is 22.3 Å². The van der Waals surface area contributed by atoms with Crippen LogP contribution in [0.2, 0.25) is 0 Å². The summed E-state index contributed by atoms with van der Waals surface area (Å²) < 4.78 is 15.0. The normalized spacial score (nSPS) is 16.8. The molecule has 29 heavy (non-hydrogen) atoms. The summed E-state index contributed by atoms with van der Waals surface area (Å²) in [5.74, 6) is -0.796. The number of aliphatic carboxylic acids is 1. The van der Waals surface area contributed by atoms with E-state index in [1.54, 1.807) is 36.2 Å². The molecule has 0 saturated carbocycles. The van der Waals surface area contributed by atoms with Gasteiger partial charge in [-0.2, -0.15) is 9.97 Å². The maximum atomic E-state index is 15.0. The molecule has 150 valence electrons. The number of aromatic nitrogens is 3. The first-order chi connectivity index (χ1) is 14.0. The molecule has 1 fully saturated rings. The van der Waals surface area contributed by atoms with Gasteiger partial charge in [0.05, 0.1) is 16.6 Å². The van der Waals surface area contributed by atoms with E-state index < -0.39 is 17.8 Å². The van der Waals surface area contributed by atoms with E-state index in [4.69, 9.17) is 5.73 Å². The predicted molar refractivity (Wildman–Crippen MR) is 109 cm³/mol. The van der Waals surface area contributed by atoms with Crippen molar-refractivity contribution in [3.63, 3.8) is 0 Å². The number of carbonyl (C=O) groups is 1. The van der Waals surface area contributed by atoms with E-state index in [2.05, 4.69) is 20.3 Å². The van der Waals surface area contributed by atoms with Crippen molar-refractivity contribution in [3.8, 4) is 11.3 Å². The van der Waals surface area contributed by atoms with Crippen molar-refractivity contribution in [2.75, 3.05) is 29.5 Å². The maximum absolute atomic E-state index is 15.0. The second kappa shape index (κ2) is 7.50. The molecule has 0 amide bonds. The Morgan fingerprint density at radius 1 is 1.24 bits per heavy atom. The van der Waals surface area contributed by atoms with E-state index in [9.17, 15) is 14.3 Å². The van der Waals surface area contributed by atoms with Crippen LogP contribution in [0, 0.1) is 5.82 Å². The standard InChI is InChI=1S/C20H21FN6O2/c1-23-17-11-8-9-13(24-18(11)26-20(22)25-17)16-12(21)5-4-7-14(16)27-10-3-2-6-15(27)19(28)29/h4-5,7-9,15H,2-3,6,10H2,1H3,(H,28,29)(H3,22,23,24,25,26). The molecule has 0 radical (unpaired) electrons. The highest BCUT2D eigenvalue weighted by Crippen LogP contribution is 2.36. The summed E-state index contributed by atoms with van der Waals surface area (Å²) in [4.78, 5) is 26.3. The number of benzene rings is 1. The van der Waals surface area contributed by atoms with Crippen molar-refractivity contribution >= 4 is 34.5 Å². The van der Waals surface area contributed by atoms with Gasteiger partial charge in [0.2, 0.25) is 5.95 Å². The number of nitrogen functional groups attached to an aromatic ring is 1. The van der Waals surface area contributed by atoms with E-state index in [0.29, 0.717) is 41.2 Å². The molecule has 2 aromatic heterocycles. The van der Waals surface area contributed by atoms with E-state index in [1.165, 1.54) is 6.07 Å². The van der Waals surface area contributed by atoms with E-state index in [1.807, 2.05) is 0 Å². The highest BCUT2D eigenvalue weighted by molar-refractivity contribution is 5.91. The molecule has 3 aromatic rings. The molecule has 0 bridgehead atoms. The monoisotopic (exact) mass is 396 g/mol. The predicted octanol–water partition coefficient (Wildman–Crippen LogP) is 2.90. The zero-order chi connectivity index (χ0) is 20.5. The summed E-state index contributed by atoms with van der Waals surface area (Å²) in [5.41, 5.74) is 7.23. The molecule has 1 aromatic carbocycles. The number of hydrogen-bond acceptors (Lipinski definition) is 7. The van der Waals surface area contributed by atoms with Gasteiger partial charge >= 0.3 is 5.97 Å². The maximum Gasteiger partial charge on any atom is 0.326 e. The smallest absolute Gasteiger partial charge is 0.326 e. The zero-order valence-corrected chi connectivity index (χ0v) is 15.9. The summed E-state index contributed by atoms with van der Waals surface area (Å²) in [6, 6.07) is 7.41. The third kappa shape index (κ3) is 3.39. The number of anilines is 3. The number of piperidine rings is 1. The Morgan fingerprint density at radius 3 is 2.83 bits per heavy atom. The second-order valence-electron chi connectivity index (χ2n) is 6.93. The summed E-state index contributed by atoms with van der Waals surface area (Å²) in [5, 5.41) is 13.2. The fourth-order valence-corrected chi connectivity index (χ4v) is 3.84. The van der Waals surface area contributed by atoms with Crippen molar-refractivity contribution in [1.82, 2.24) is 15.0 Å². The molecule has 8 nitrogen and oxygen atoms in total. The molecule has 1 unspecified atom stereocenters. The topological polar surface area (TPSA) is 117 Å². The lowest BCUT2D eigenvalue weighted by Gasteiger charge is -2.36. The van der Waals surface area contributed by atoms with Crippen molar-refractivity contribution in [2.45, 2.75) is 25.3 Å². The Labute approximate surface area is 166 Å². The average Bonchev–Trinajstić information content (AvgIpc) is 2.72. The largest absolute Gasteiger partial charge is 0.480 e. The van der Waals surface area contributed by atoms with Gasteiger partial charge in [-0.15, -0.1) is 0 Å². The molecule has 0 spiro atoms. The Kier molecular flexibility index (Phi) is 4.87. The number of halogens is 1. The molecular weight excluding hydrogens is 375 g/mol. The number of pyridine rings is 1. The number of carboxylic acid groups (broad SMARTS) is 1. The summed E-state index contributed by atoms with van der Waals surface area (Å²) in [7, 11) is 1.71. The SMILES string of the molecule is CNc1nc(N)nc2nc(-c3c(F)cccc3N3CCCCC3C(=O)O)ccc12. The van der Waals surface area contributed by atoms with Crippen LogP contribution < -0.4 is 16.0 Å². The number of hydrogen-bond donors (Lipinski definition) is 3. The van der Waals surface area contributed by atoms with E-state index in [-0.39, 0.29) is 11.5 Å². The molecule has 3 heterocycles. The summed E-state index contributed by atoms with van der Waals surface area (Å²) in [6.45, 7) is 0.542. The number of nitrogens with one attached hydrogen (secondary N) is 1. The van der Waals surface area contributed by atoms with Crippen molar-refractivity contribution < 1.29 is 14.3 Å². The number of fused-ring (bicyclic) bond motifs is 1. The molecule has 1 saturated heterocycles. The molecule has 1 aliphatic heterocycles. The minimum atomic E-state index is -0.912. The van der Waals surface area contributed by atoms with Crippen LogP contribution in [-0.4, -0.2) is 45.7 Å².